The van der Waals surface area contributed by atoms with E-state index in [1.807, 2.05) is 0 Å². The normalized spacial score (nSPS) is 10.3. The maximum absolute atomic E-state index is 2.31. The summed E-state index contributed by atoms with van der Waals surface area (Å²) >= 11 is 0. The summed E-state index contributed by atoms with van der Waals surface area (Å²) in [5.74, 6) is 0. The molecule has 6 rings (SSSR count). The molecule has 4 heteroatoms. The molecule has 6 aromatic carbocycles. The number of hydrogen-bond acceptors (Lipinski definition) is 0. The first-order chi connectivity index (χ1) is 16.2. The van der Waals surface area contributed by atoms with Crippen LogP contribution in [0.5, 0.6) is 0 Å². The van der Waals surface area contributed by atoms with Crippen molar-refractivity contribution >= 4 is 40.7 Å². The van der Waals surface area contributed by atoms with E-state index in [4.69, 9.17) is 0 Å². The van der Waals surface area contributed by atoms with Crippen molar-refractivity contribution < 1.29 is 35.3 Å². The molecule has 0 saturated heterocycles. The number of rotatable bonds is 3. The zero-order valence-electron chi connectivity index (χ0n) is 20.3. The van der Waals surface area contributed by atoms with Gasteiger partial charge in [-0.1, -0.05) is 87.8 Å². The van der Waals surface area contributed by atoms with E-state index in [2.05, 4.69) is 135 Å². The first-order valence-corrected chi connectivity index (χ1v) is 12.4. The van der Waals surface area contributed by atoms with Crippen LogP contribution in [0.1, 0.15) is 11.1 Å². The predicted molar refractivity (Wildman–Crippen MR) is 148 cm³/mol. The summed E-state index contributed by atoms with van der Waals surface area (Å²) in [6.45, 7) is 4.33. The van der Waals surface area contributed by atoms with Gasteiger partial charge in [-0.15, -0.1) is 74.9 Å². The van der Waals surface area contributed by atoms with Gasteiger partial charge in [0.2, 0.25) is 0 Å². The van der Waals surface area contributed by atoms with Crippen molar-refractivity contribution in [3.05, 3.63) is 132 Å². The molecule has 0 fully saturated rings. The minimum absolute atomic E-state index is 0. The molecule has 0 aliphatic rings. The summed E-state index contributed by atoms with van der Waals surface area (Å²) in [7, 11) is 0.759. The largest absolute Gasteiger partial charge is 4.00 e. The third-order valence-corrected chi connectivity index (χ3v) is 7.43. The molecule has 0 radical (unpaired) electrons. The third-order valence-electron chi connectivity index (χ3n) is 6.02. The molecule has 0 heterocycles. The average Bonchev–Trinajstić information content (AvgIpc) is 3.43. The molecule has 0 nitrogen and oxygen atoms in total. The van der Waals surface area contributed by atoms with Crippen LogP contribution in [0.2, 0.25) is 0 Å². The van der Waals surface area contributed by atoms with Crippen LogP contribution in [0.4, 0.5) is 0 Å². The summed E-state index contributed by atoms with van der Waals surface area (Å²) in [4.78, 5) is 0. The van der Waals surface area contributed by atoms with E-state index in [9.17, 15) is 0 Å². The van der Waals surface area contributed by atoms with E-state index in [0.29, 0.717) is 0 Å². The molecule has 178 valence electrons. The summed E-state index contributed by atoms with van der Waals surface area (Å²) in [5, 5.41) is 8.26. The van der Waals surface area contributed by atoms with Crippen molar-refractivity contribution in [2.24, 2.45) is 0 Å². The van der Waals surface area contributed by atoms with E-state index >= 15 is 0 Å². The molecule has 0 bridgehead atoms. The van der Waals surface area contributed by atoms with E-state index < -0.39 is 0 Å². The number of hydrogen-bond donors (Lipinski definition) is 0. The molecular weight excluding hydrogens is 632 g/mol. The fraction of sp³-hybridized carbons (Fsp3) is 0.0625. The predicted octanol–water partition coefficient (Wildman–Crippen LogP) is 2.04. The number of aryl methyl sites for hydroxylation is 2. The Kier molecular flexibility index (Phi) is 11.1. The van der Waals surface area contributed by atoms with Crippen molar-refractivity contribution in [1.82, 2.24) is 0 Å². The van der Waals surface area contributed by atoms with Gasteiger partial charge in [0.15, 0.2) is 0 Å². The maximum Gasteiger partial charge on any atom is 4.00 e. The van der Waals surface area contributed by atoms with Gasteiger partial charge in [-0.3, -0.25) is 0 Å². The quantitative estimate of drug-likeness (QED) is 0.155. The summed E-state index contributed by atoms with van der Waals surface area (Å²) in [5.41, 5.74) is 5.33. The van der Waals surface area contributed by atoms with E-state index in [0.717, 1.165) is 8.58 Å². The van der Waals surface area contributed by atoms with Crippen molar-refractivity contribution in [2.75, 3.05) is 0 Å². The fourth-order valence-corrected chi connectivity index (χ4v) is 5.57. The Hall–Kier alpha value is -2.74. The van der Waals surface area contributed by atoms with E-state index in [-0.39, 0.29) is 35.3 Å². The van der Waals surface area contributed by atoms with Gasteiger partial charge in [-0.2, -0.15) is 12.1 Å². The van der Waals surface area contributed by atoms with Crippen LogP contribution in [0.15, 0.2) is 121 Å². The second kappa shape index (κ2) is 13.5. The number of halogens is 2. The zero-order chi connectivity index (χ0) is 22.6. The molecule has 0 saturated carbocycles. The van der Waals surface area contributed by atoms with Gasteiger partial charge >= 0.3 is 25.8 Å². The molecule has 0 N–H and O–H groups in total. The van der Waals surface area contributed by atoms with Crippen LogP contribution < -0.4 is 20.0 Å². The Bertz CT molecular complexity index is 1480. The van der Waals surface area contributed by atoms with E-state index in [1.54, 1.807) is 0 Å². The Morgan fingerprint density at radius 3 is 2.03 bits per heavy atom. The monoisotopic (exact) mass is 660 g/mol. The molecule has 0 spiro atoms. The molecule has 0 aromatic heterocycles. The van der Waals surface area contributed by atoms with Crippen LogP contribution in [0.3, 0.4) is 0 Å². The molecular formula is C32H27F2HfP. The second-order valence-corrected chi connectivity index (χ2v) is 9.89. The maximum atomic E-state index is 2.31. The molecule has 0 aliphatic carbocycles. The van der Waals surface area contributed by atoms with Gasteiger partial charge in [0.1, 0.15) is 0 Å². The Morgan fingerprint density at radius 2 is 1.28 bits per heavy atom. The fourth-order valence-electron chi connectivity index (χ4n) is 4.35. The molecule has 0 amide bonds. The molecule has 1 atom stereocenters. The van der Waals surface area contributed by atoms with Gasteiger partial charge in [-0.25, -0.2) is 0 Å². The van der Waals surface area contributed by atoms with Gasteiger partial charge in [0.25, 0.3) is 0 Å². The first-order valence-electron chi connectivity index (χ1n) is 11.4. The standard InChI is InChI=1S/C16H14P.C16H13.2FH.Hf/c1-12-6-2-5-9-16(12)17-15-10-13-7-3-4-8-14(13)11-15;1-12-10-14-8-5-9-15(16(14)11-12)13-6-3-2-4-7-13;;;/h2-11,17H,1H3;2-11H,1H3;2*1H;/q2*-1;;;+4/p-2. The van der Waals surface area contributed by atoms with Gasteiger partial charge in [0.05, 0.1) is 0 Å². The zero-order valence-corrected chi connectivity index (χ0v) is 24.9. The van der Waals surface area contributed by atoms with Crippen molar-refractivity contribution in [3.8, 4) is 11.1 Å². The Balaban J connectivity index is 0.000000234. The van der Waals surface area contributed by atoms with Gasteiger partial charge in [0, 0.05) is 0 Å². The smallest absolute Gasteiger partial charge is 1.00 e. The number of benzene rings is 4. The van der Waals surface area contributed by atoms with Crippen LogP contribution in [-0.2, 0) is 25.8 Å². The van der Waals surface area contributed by atoms with Gasteiger partial charge < -0.3 is 9.41 Å². The van der Waals surface area contributed by atoms with Crippen LogP contribution >= 0.6 is 8.58 Å². The van der Waals surface area contributed by atoms with Gasteiger partial charge in [-0.05, 0) is 23.4 Å². The van der Waals surface area contributed by atoms with Crippen LogP contribution in [0, 0.1) is 13.8 Å². The summed E-state index contributed by atoms with van der Waals surface area (Å²) in [6, 6.07) is 43.4. The average molecular weight is 659 g/mol. The summed E-state index contributed by atoms with van der Waals surface area (Å²) < 4.78 is 0. The third kappa shape index (κ3) is 6.72. The van der Waals surface area contributed by atoms with Crippen molar-refractivity contribution in [2.45, 2.75) is 13.8 Å². The van der Waals surface area contributed by atoms with E-state index in [1.165, 1.54) is 54.4 Å². The molecule has 0 aliphatic heterocycles. The van der Waals surface area contributed by atoms with Crippen LogP contribution in [-0.4, -0.2) is 0 Å². The topological polar surface area (TPSA) is 0 Å². The molecule has 6 aromatic rings. The second-order valence-electron chi connectivity index (χ2n) is 8.52. The number of fused-ring (bicyclic) bond motifs is 2. The minimum atomic E-state index is 0. The SMILES string of the molecule is Cc1cc2c(-c3ccccc3)cccc2[cH-]1.Cc1ccccc1Pc1cc2ccccc2[cH-]1.[F-].[F-].[Hf+4]. The Morgan fingerprint density at radius 1 is 0.611 bits per heavy atom. The van der Waals surface area contributed by atoms with Crippen molar-refractivity contribution in [3.63, 3.8) is 0 Å². The first kappa shape index (κ1) is 29.5. The summed E-state index contributed by atoms with van der Waals surface area (Å²) in [6.07, 6.45) is 0. The minimum Gasteiger partial charge on any atom is -1.00 e. The van der Waals surface area contributed by atoms with Crippen LogP contribution in [0.25, 0.3) is 32.7 Å². The Labute approximate surface area is 232 Å². The molecule has 36 heavy (non-hydrogen) atoms. The molecule has 1 unspecified atom stereocenters. The van der Waals surface area contributed by atoms with Crippen molar-refractivity contribution in [1.29, 1.82) is 0 Å².